The van der Waals surface area contributed by atoms with Crippen LogP contribution in [0.5, 0.6) is 0 Å². The van der Waals surface area contributed by atoms with E-state index in [0.29, 0.717) is 5.02 Å². The van der Waals surface area contributed by atoms with Crippen LogP contribution >= 0.6 is 11.6 Å². The van der Waals surface area contributed by atoms with Gasteiger partial charge in [0.25, 0.3) is 0 Å². The Balaban J connectivity index is 2.90. The molecular formula is C11H15ClO3S. The molecule has 0 aliphatic heterocycles. The van der Waals surface area contributed by atoms with E-state index in [9.17, 15) is 13.5 Å². The van der Waals surface area contributed by atoms with Gasteiger partial charge >= 0.3 is 0 Å². The summed E-state index contributed by atoms with van der Waals surface area (Å²) < 4.78 is 23.7. The monoisotopic (exact) mass is 262 g/mol. The molecular weight excluding hydrogens is 248 g/mol. The Morgan fingerprint density at radius 3 is 2.19 bits per heavy atom. The molecule has 5 heteroatoms. The minimum atomic E-state index is -3.43. The summed E-state index contributed by atoms with van der Waals surface area (Å²) >= 11 is 5.67. The number of rotatable bonds is 4. The van der Waals surface area contributed by atoms with Crippen molar-refractivity contribution in [1.29, 1.82) is 0 Å². The Morgan fingerprint density at radius 2 is 1.75 bits per heavy atom. The SMILES string of the molecule is CC(C)C(O)CS(=O)(=O)c1ccc(Cl)cc1. The molecule has 0 saturated carbocycles. The standard InChI is InChI=1S/C11H15ClO3S/c1-8(2)11(13)7-16(14,15)10-5-3-9(12)4-6-10/h3-6,8,11,13H,7H2,1-2H3. The highest BCUT2D eigenvalue weighted by Crippen LogP contribution is 2.17. The molecule has 0 radical (unpaired) electrons. The number of sulfone groups is 1. The van der Waals surface area contributed by atoms with Crippen molar-refractivity contribution in [3.63, 3.8) is 0 Å². The highest BCUT2D eigenvalue weighted by atomic mass is 35.5. The normalized spacial score (nSPS) is 14.1. The van der Waals surface area contributed by atoms with E-state index in [1.807, 2.05) is 0 Å². The second-order valence-electron chi connectivity index (χ2n) is 4.05. The third-order valence-corrected chi connectivity index (χ3v) is 4.36. The van der Waals surface area contributed by atoms with Gasteiger partial charge in [-0.05, 0) is 30.2 Å². The Morgan fingerprint density at radius 1 is 1.25 bits per heavy atom. The minimum Gasteiger partial charge on any atom is -0.392 e. The van der Waals surface area contributed by atoms with Crippen LogP contribution in [-0.2, 0) is 9.84 Å². The Bertz CT molecular complexity index is 437. The van der Waals surface area contributed by atoms with Gasteiger partial charge in [0.1, 0.15) is 0 Å². The van der Waals surface area contributed by atoms with Crippen molar-refractivity contribution in [2.24, 2.45) is 5.92 Å². The average Bonchev–Trinajstić information content (AvgIpc) is 2.17. The second-order valence-corrected chi connectivity index (χ2v) is 6.52. The molecule has 0 aliphatic carbocycles. The van der Waals surface area contributed by atoms with Crippen LogP contribution in [-0.4, -0.2) is 25.4 Å². The number of benzene rings is 1. The molecule has 0 aromatic heterocycles. The van der Waals surface area contributed by atoms with Gasteiger partial charge in [-0.2, -0.15) is 0 Å². The number of hydrogen-bond donors (Lipinski definition) is 1. The van der Waals surface area contributed by atoms with Crippen LogP contribution in [0.25, 0.3) is 0 Å². The summed E-state index contributed by atoms with van der Waals surface area (Å²) in [5.74, 6) is -0.339. The molecule has 0 bridgehead atoms. The van der Waals surface area contributed by atoms with E-state index in [4.69, 9.17) is 11.6 Å². The average molecular weight is 263 g/mol. The molecule has 0 saturated heterocycles. The molecule has 0 fully saturated rings. The van der Waals surface area contributed by atoms with Crippen LogP contribution in [0.1, 0.15) is 13.8 Å². The summed E-state index contributed by atoms with van der Waals surface area (Å²) in [5, 5.41) is 10.1. The van der Waals surface area contributed by atoms with Crippen molar-refractivity contribution < 1.29 is 13.5 Å². The van der Waals surface area contributed by atoms with Crippen LogP contribution in [0.3, 0.4) is 0 Å². The lowest BCUT2D eigenvalue weighted by Gasteiger charge is -2.14. The lowest BCUT2D eigenvalue weighted by Crippen LogP contribution is -2.25. The molecule has 1 atom stereocenters. The molecule has 1 N–H and O–H groups in total. The maximum Gasteiger partial charge on any atom is 0.180 e. The maximum atomic E-state index is 11.9. The Kier molecular flexibility index (Phi) is 4.35. The molecule has 90 valence electrons. The Labute approximate surface area is 101 Å². The smallest absolute Gasteiger partial charge is 0.180 e. The van der Waals surface area contributed by atoms with Crippen LogP contribution in [0.4, 0.5) is 0 Å². The third kappa shape index (κ3) is 3.47. The van der Waals surface area contributed by atoms with E-state index in [0.717, 1.165) is 0 Å². The summed E-state index contributed by atoms with van der Waals surface area (Å²) in [6.45, 7) is 3.56. The van der Waals surface area contributed by atoms with Gasteiger partial charge in [-0.1, -0.05) is 25.4 Å². The van der Waals surface area contributed by atoms with E-state index in [1.54, 1.807) is 13.8 Å². The third-order valence-electron chi connectivity index (χ3n) is 2.33. The first kappa shape index (κ1) is 13.5. The fourth-order valence-electron chi connectivity index (χ4n) is 1.16. The molecule has 1 aromatic carbocycles. The van der Waals surface area contributed by atoms with Crippen molar-refractivity contribution in [3.8, 4) is 0 Å². The predicted molar refractivity (Wildman–Crippen MR) is 64.3 cm³/mol. The predicted octanol–water partition coefficient (Wildman–Crippen LogP) is 2.13. The maximum absolute atomic E-state index is 11.9. The lowest BCUT2D eigenvalue weighted by atomic mass is 10.1. The fourth-order valence-corrected chi connectivity index (χ4v) is 2.86. The summed E-state index contributed by atoms with van der Waals surface area (Å²) in [6.07, 6.45) is -0.847. The Hall–Kier alpha value is -0.580. The van der Waals surface area contributed by atoms with Crippen LogP contribution in [0, 0.1) is 5.92 Å². The number of halogens is 1. The van der Waals surface area contributed by atoms with Gasteiger partial charge in [-0.25, -0.2) is 8.42 Å². The van der Waals surface area contributed by atoms with Crippen LogP contribution in [0.15, 0.2) is 29.2 Å². The lowest BCUT2D eigenvalue weighted by molar-refractivity contribution is 0.147. The van der Waals surface area contributed by atoms with Gasteiger partial charge in [0, 0.05) is 5.02 Å². The van der Waals surface area contributed by atoms with Crippen molar-refractivity contribution in [2.75, 3.05) is 5.75 Å². The van der Waals surface area contributed by atoms with Crippen LogP contribution in [0.2, 0.25) is 5.02 Å². The molecule has 0 spiro atoms. The molecule has 1 aromatic rings. The van der Waals surface area contributed by atoms with Gasteiger partial charge < -0.3 is 5.11 Å². The molecule has 0 aliphatic rings. The van der Waals surface area contributed by atoms with Gasteiger partial charge in [0.15, 0.2) is 9.84 Å². The first-order valence-corrected chi connectivity index (χ1v) is 7.02. The number of aliphatic hydroxyl groups excluding tert-OH is 1. The zero-order chi connectivity index (χ0) is 12.3. The van der Waals surface area contributed by atoms with E-state index in [1.165, 1.54) is 24.3 Å². The molecule has 0 amide bonds. The topological polar surface area (TPSA) is 54.4 Å². The van der Waals surface area contributed by atoms with E-state index in [2.05, 4.69) is 0 Å². The van der Waals surface area contributed by atoms with E-state index in [-0.39, 0.29) is 16.6 Å². The van der Waals surface area contributed by atoms with Crippen molar-refractivity contribution in [1.82, 2.24) is 0 Å². The molecule has 3 nitrogen and oxygen atoms in total. The summed E-state index contributed by atoms with van der Waals surface area (Å²) in [4.78, 5) is 0.191. The fraction of sp³-hybridized carbons (Fsp3) is 0.455. The number of hydrogen-bond acceptors (Lipinski definition) is 3. The first-order valence-electron chi connectivity index (χ1n) is 4.99. The van der Waals surface area contributed by atoms with Gasteiger partial charge in [-0.3, -0.25) is 0 Å². The minimum absolute atomic E-state index is 0.0814. The van der Waals surface area contributed by atoms with Crippen molar-refractivity contribution >= 4 is 21.4 Å². The zero-order valence-electron chi connectivity index (χ0n) is 9.22. The van der Waals surface area contributed by atoms with Crippen molar-refractivity contribution in [3.05, 3.63) is 29.3 Å². The molecule has 1 unspecified atom stereocenters. The quantitative estimate of drug-likeness (QED) is 0.904. The van der Waals surface area contributed by atoms with Crippen molar-refractivity contribution in [2.45, 2.75) is 24.8 Å². The first-order chi connectivity index (χ1) is 7.33. The van der Waals surface area contributed by atoms with Gasteiger partial charge in [0.2, 0.25) is 0 Å². The number of aliphatic hydroxyl groups is 1. The molecule has 0 heterocycles. The van der Waals surface area contributed by atoms with Gasteiger partial charge in [-0.15, -0.1) is 0 Å². The summed E-state index contributed by atoms with van der Waals surface area (Å²) in [7, 11) is -3.43. The zero-order valence-corrected chi connectivity index (χ0v) is 10.8. The largest absolute Gasteiger partial charge is 0.392 e. The highest BCUT2D eigenvalue weighted by molar-refractivity contribution is 7.91. The van der Waals surface area contributed by atoms with E-state index < -0.39 is 15.9 Å². The molecule has 16 heavy (non-hydrogen) atoms. The summed E-state index contributed by atoms with van der Waals surface area (Å²) in [5.41, 5.74) is 0. The summed E-state index contributed by atoms with van der Waals surface area (Å²) in [6, 6.07) is 5.95. The van der Waals surface area contributed by atoms with Crippen LogP contribution < -0.4 is 0 Å². The second kappa shape index (κ2) is 5.17. The molecule has 1 rings (SSSR count). The van der Waals surface area contributed by atoms with E-state index >= 15 is 0 Å². The van der Waals surface area contributed by atoms with Gasteiger partial charge in [0.05, 0.1) is 16.8 Å². The highest BCUT2D eigenvalue weighted by Gasteiger charge is 2.21.